The highest BCUT2D eigenvalue weighted by Gasteiger charge is 2.42. The summed E-state index contributed by atoms with van der Waals surface area (Å²) in [5, 5.41) is 0. The van der Waals surface area contributed by atoms with E-state index in [4.69, 9.17) is 5.73 Å². The summed E-state index contributed by atoms with van der Waals surface area (Å²) < 4.78 is 0. The van der Waals surface area contributed by atoms with Crippen molar-refractivity contribution < 1.29 is 0 Å². The van der Waals surface area contributed by atoms with Gasteiger partial charge in [-0.1, -0.05) is 19.8 Å². The number of nitrogens with zero attached hydrogens (tertiary/aromatic N) is 2. The van der Waals surface area contributed by atoms with Crippen molar-refractivity contribution in [3.05, 3.63) is 0 Å². The minimum atomic E-state index is 0.348. The summed E-state index contributed by atoms with van der Waals surface area (Å²) >= 11 is 0. The quantitative estimate of drug-likeness (QED) is 0.848. The molecule has 1 saturated heterocycles. The molecule has 0 aromatic carbocycles. The third kappa shape index (κ3) is 2.70. The summed E-state index contributed by atoms with van der Waals surface area (Å²) in [6.45, 7) is 8.31. The topological polar surface area (TPSA) is 32.5 Å². The minimum Gasteiger partial charge on any atom is -0.329 e. The van der Waals surface area contributed by atoms with Crippen molar-refractivity contribution >= 4 is 0 Å². The van der Waals surface area contributed by atoms with Crippen LogP contribution in [0.4, 0.5) is 0 Å². The second-order valence-corrected chi connectivity index (χ2v) is 7.24. The van der Waals surface area contributed by atoms with E-state index in [1.54, 1.807) is 0 Å². The Balaban J connectivity index is 1.57. The fourth-order valence-corrected chi connectivity index (χ4v) is 4.80. The third-order valence-electron chi connectivity index (χ3n) is 6.04. The first-order valence-corrected chi connectivity index (χ1v) is 8.43. The number of rotatable bonds is 3. The highest BCUT2D eigenvalue weighted by atomic mass is 15.3. The first-order valence-electron chi connectivity index (χ1n) is 8.43. The number of piperazine rings is 1. The summed E-state index contributed by atoms with van der Waals surface area (Å²) in [7, 11) is 0. The van der Waals surface area contributed by atoms with E-state index in [9.17, 15) is 0 Å². The van der Waals surface area contributed by atoms with E-state index < -0.39 is 0 Å². The molecule has 2 saturated carbocycles. The predicted molar refractivity (Wildman–Crippen MR) is 80.2 cm³/mol. The van der Waals surface area contributed by atoms with Gasteiger partial charge < -0.3 is 5.73 Å². The molecule has 1 aliphatic heterocycles. The van der Waals surface area contributed by atoms with Gasteiger partial charge in [0.25, 0.3) is 0 Å². The molecule has 0 spiro atoms. The van der Waals surface area contributed by atoms with Crippen LogP contribution in [0.25, 0.3) is 0 Å². The monoisotopic (exact) mass is 265 g/mol. The smallest absolute Gasteiger partial charge is 0.0335 e. The molecule has 0 aromatic rings. The minimum absolute atomic E-state index is 0.348. The summed E-state index contributed by atoms with van der Waals surface area (Å²) in [4.78, 5) is 5.49. The van der Waals surface area contributed by atoms with Crippen LogP contribution in [0, 0.1) is 5.92 Å². The van der Waals surface area contributed by atoms with Crippen LogP contribution < -0.4 is 5.73 Å². The molecule has 1 heterocycles. The zero-order chi connectivity index (χ0) is 13.3. The molecule has 3 aliphatic rings. The first-order chi connectivity index (χ1) is 9.23. The molecule has 3 nitrogen and oxygen atoms in total. The van der Waals surface area contributed by atoms with Crippen molar-refractivity contribution in [3.63, 3.8) is 0 Å². The second-order valence-electron chi connectivity index (χ2n) is 7.24. The van der Waals surface area contributed by atoms with Crippen molar-refractivity contribution in [3.8, 4) is 0 Å². The number of hydrogen-bond acceptors (Lipinski definition) is 3. The lowest BCUT2D eigenvalue weighted by Gasteiger charge is -2.47. The molecule has 19 heavy (non-hydrogen) atoms. The highest BCUT2D eigenvalue weighted by Crippen LogP contribution is 2.39. The van der Waals surface area contributed by atoms with Crippen LogP contribution >= 0.6 is 0 Å². The van der Waals surface area contributed by atoms with Crippen LogP contribution in [-0.2, 0) is 0 Å². The molecule has 0 bridgehead atoms. The maximum Gasteiger partial charge on any atom is 0.0335 e. The average molecular weight is 265 g/mol. The molecule has 3 rings (SSSR count). The zero-order valence-corrected chi connectivity index (χ0v) is 12.6. The Morgan fingerprint density at radius 2 is 1.74 bits per heavy atom. The molecule has 2 unspecified atom stereocenters. The summed E-state index contributed by atoms with van der Waals surface area (Å²) in [6, 6.07) is 0.901. The van der Waals surface area contributed by atoms with Gasteiger partial charge in [0.15, 0.2) is 0 Å². The standard InChI is InChI=1S/C16H31N3/c1-14-6-7-16(12-14,13-17)19-10-8-18(9-11-19)15-4-2-3-5-15/h14-15H,2-13,17H2,1H3. The lowest BCUT2D eigenvalue weighted by atomic mass is 9.93. The molecule has 3 fully saturated rings. The normalized spacial score (nSPS) is 39.2. The number of nitrogens with two attached hydrogens (primary N) is 1. The first kappa shape index (κ1) is 13.8. The lowest BCUT2D eigenvalue weighted by molar-refractivity contribution is 0.0229. The van der Waals surface area contributed by atoms with Gasteiger partial charge in [0, 0.05) is 44.3 Å². The van der Waals surface area contributed by atoms with Crippen molar-refractivity contribution in [2.45, 2.75) is 63.5 Å². The summed E-state index contributed by atoms with van der Waals surface area (Å²) in [5.74, 6) is 0.872. The van der Waals surface area contributed by atoms with E-state index >= 15 is 0 Å². The van der Waals surface area contributed by atoms with Crippen molar-refractivity contribution in [1.82, 2.24) is 9.80 Å². The van der Waals surface area contributed by atoms with Gasteiger partial charge in [-0.05, 0) is 38.0 Å². The Hall–Kier alpha value is -0.120. The summed E-state index contributed by atoms with van der Waals surface area (Å²) in [5.41, 5.74) is 6.51. The van der Waals surface area contributed by atoms with Crippen LogP contribution in [0.5, 0.6) is 0 Å². The van der Waals surface area contributed by atoms with E-state index in [1.807, 2.05) is 0 Å². The molecular weight excluding hydrogens is 234 g/mol. The Morgan fingerprint density at radius 1 is 1.05 bits per heavy atom. The SMILES string of the molecule is CC1CCC(CN)(N2CCN(C3CCCC3)CC2)C1. The molecule has 2 atom stereocenters. The molecule has 110 valence electrons. The van der Waals surface area contributed by atoms with Crippen LogP contribution in [0.1, 0.15) is 51.9 Å². The highest BCUT2D eigenvalue weighted by molar-refractivity contribution is 5.00. The van der Waals surface area contributed by atoms with Crippen LogP contribution in [-0.4, -0.2) is 54.1 Å². The fourth-order valence-electron chi connectivity index (χ4n) is 4.80. The second kappa shape index (κ2) is 5.71. The van der Waals surface area contributed by atoms with Crippen molar-refractivity contribution in [2.24, 2.45) is 11.7 Å². The molecule has 0 amide bonds. The molecule has 2 aliphatic carbocycles. The van der Waals surface area contributed by atoms with Gasteiger partial charge in [-0.15, -0.1) is 0 Å². The molecule has 3 heteroatoms. The van der Waals surface area contributed by atoms with E-state index in [2.05, 4.69) is 16.7 Å². The Morgan fingerprint density at radius 3 is 2.26 bits per heavy atom. The Bertz CT molecular complexity index is 292. The van der Waals surface area contributed by atoms with Gasteiger partial charge in [0.1, 0.15) is 0 Å². The predicted octanol–water partition coefficient (Wildman–Crippen LogP) is 2.06. The fraction of sp³-hybridized carbons (Fsp3) is 1.00. The van der Waals surface area contributed by atoms with Crippen LogP contribution in [0.15, 0.2) is 0 Å². The van der Waals surface area contributed by atoms with Gasteiger partial charge in [-0.25, -0.2) is 0 Å². The van der Waals surface area contributed by atoms with E-state index in [0.29, 0.717) is 5.54 Å². The van der Waals surface area contributed by atoms with E-state index in [-0.39, 0.29) is 0 Å². The van der Waals surface area contributed by atoms with Gasteiger partial charge in [0.05, 0.1) is 0 Å². The maximum atomic E-state index is 6.16. The van der Waals surface area contributed by atoms with Gasteiger partial charge in [0.2, 0.25) is 0 Å². The zero-order valence-electron chi connectivity index (χ0n) is 12.6. The van der Waals surface area contributed by atoms with Gasteiger partial charge in [-0.3, -0.25) is 9.80 Å². The number of hydrogen-bond donors (Lipinski definition) is 1. The van der Waals surface area contributed by atoms with E-state index in [0.717, 1.165) is 18.5 Å². The molecule has 2 N–H and O–H groups in total. The largest absolute Gasteiger partial charge is 0.329 e. The Kier molecular flexibility index (Phi) is 4.16. The van der Waals surface area contributed by atoms with Crippen LogP contribution in [0.2, 0.25) is 0 Å². The molecule has 0 radical (unpaired) electrons. The van der Waals surface area contributed by atoms with Crippen molar-refractivity contribution in [1.29, 1.82) is 0 Å². The van der Waals surface area contributed by atoms with Gasteiger partial charge >= 0.3 is 0 Å². The van der Waals surface area contributed by atoms with Crippen LogP contribution in [0.3, 0.4) is 0 Å². The van der Waals surface area contributed by atoms with Crippen molar-refractivity contribution in [2.75, 3.05) is 32.7 Å². The third-order valence-corrected chi connectivity index (χ3v) is 6.04. The van der Waals surface area contributed by atoms with E-state index in [1.165, 1.54) is 71.1 Å². The lowest BCUT2D eigenvalue weighted by Crippen LogP contribution is -2.60. The molecular formula is C16H31N3. The summed E-state index contributed by atoms with van der Waals surface area (Å²) in [6.07, 6.45) is 9.82. The van der Waals surface area contributed by atoms with Gasteiger partial charge in [-0.2, -0.15) is 0 Å². The molecule has 0 aromatic heterocycles. The average Bonchev–Trinajstić information content (AvgIpc) is 3.09. The Labute approximate surface area is 118 Å². The maximum absolute atomic E-state index is 6.16.